The van der Waals surface area contributed by atoms with Crippen molar-refractivity contribution in [3.05, 3.63) is 64.7 Å². The van der Waals surface area contributed by atoms with Crippen LogP contribution >= 0.6 is 11.6 Å². The Hall–Kier alpha value is -2.37. The van der Waals surface area contributed by atoms with Crippen LogP contribution in [0.4, 0.5) is 5.69 Å². The zero-order chi connectivity index (χ0) is 20.9. The lowest BCUT2D eigenvalue weighted by Crippen LogP contribution is -2.32. The molecule has 0 bridgehead atoms. The molecule has 2 saturated heterocycles. The molecule has 2 aliphatic heterocycles. The Morgan fingerprint density at radius 2 is 1.70 bits per heavy atom. The normalized spacial score (nSPS) is 19.8. The molecule has 2 amide bonds. The summed E-state index contributed by atoms with van der Waals surface area (Å²) in [5.41, 5.74) is 3.05. The summed E-state index contributed by atoms with van der Waals surface area (Å²) in [6.45, 7) is 4.20. The van der Waals surface area contributed by atoms with Crippen molar-refractivity contribution in [1.82, 2.24) is 10.2 Å². The number of para-hydroxylation sites is 1. The van der Waals surface area contributed by atoms with E-state index in [1.807, 2.05) is 18.2 Å². The molecule has 1 atom stereocenters. The molecule has 2 aliphatic rings. The minimum Gasteiger partial charge on any atom is -0.352 e. The number of nitrogens with zero attached hydrogens (tertiary/aromatic N) is 2. The lowest BCUT2D eigenvalue weighted by atomic mass is 10.1. The second kappa shape index (κ2) is 9.63. The van der Waals surface area contributed by atoms with E-state index in [4.69, 9.17) is 11.6 Å². The monoisotopic (exact) mass is 425 g/mol. The molecule has 0 radical (unpaired) electrons. The molecule has 2 heterocycles. The van der Waals surface area contributed by atoms with Gasteiger partial charge in [-0.3, -0.25) is 14.5 Å². The van der Waals surface area contributed by atoms with Crippen LogP contribution in [0.15, 0.2) is 48.5 Å². The maximum Gasteiger partial charge on any atom is 0.227 e. The molecule has 1 N–H and O–H groups in total. The van der Waals surface area contributed by atoms with Crippen LogP contribution in [0.1, 0.15) is 36.8 Å². The van der Waals surface area contributed by atoms with E-state index in [1.165, 1.54) is 37.9 Å². The first-order chi connectivity index (χ1) is 14.6. The van der Waals surface area contributed by atoms with Gasteiger partial charge < -0.3 is 10.2 Å². The van der Waals surface area contributed by atoms with Crippen molar-refractivity contribution in [2.75, 3.05) is 24.5 Å². The molecule has 2 fully saturated rings. The van der Waals surface area contributed by atoms with E-state index in [0.717, 1.165) is 12.1 Å². The topological polar surface area (TPSA) is 52.7 Å². The Balaban J connectivity index is 1.28. The minimum atomic E-state index is -0.354. The second-order valence-corrected chi connectivity index (χ2v) is 8.64. The number of nitrogens with one attached hydrogen (secondary N) is 1. The van der Waals surface area contributed by atoms with Crippen LogP contribution in [0, 0.1) is 5.92 Å². The van der Waals surface area contributed by atoms with Gasteiger partial charge in [0, 0.05) is 26.1 Å². The maximum atomic E-state index is 12.6. The minimum absolute atomic E-state index is 0.0645. The van der Waals surface area contributed by atoms with E-state index in [-0.39, 0.29) is 24.2 Å². The summed E-state index contributed by atoms with van der Waals surface area (Å²) < 4.78 is 0. The van der Waals surface area contributed by atoms with Crippen LogP contribution in [0.5, 0.6) is 0 Å². The number of rotatable bonds is 6. The Labute approximate surface area is 183 Å². The molecule has 0 spiro atoms. The summed E-state index contributed by atoms with van der Waals surface area (Å²) >= 11 is 6.21. The van der Waals surface area contributed by atoms with Crippen LogP contribution < -0.4 is 10.2 Å². The molecule has 2 aromatic carbocycles. The number of benzene rings is 2. The lowest BCUT2D eigenvalue weighted by Gasteiger charge is -2.26. The van der Waals surface area contributed by atoms with Crippen LogP contribution in [0.3, 0.4) is 0 Å². The highest BCUT2D eigenvalue weighted by Gasteiger charge is 2.35. The molecule has 6 heteroatoms. The number of halogens is 1. The fourth-order valence-corrected chi connectivity index (χ4v) is 4.50. The van der Waals surface area contributed by atoms with Crippen molar-refractivity contribution in [2.45, 2.75) is 38.8 Å². The van der Waals surface area contributed by atoms with E-state index in [2.05, 4.69) is 34.5 Å². The van der Waals surface area contributed by atoms with Gasteiger partial charge in [0.05, 0.1) is 16.6 Å². The Morgan fingerprint density at radius 3 is 2.43 bits per heavy atom. The summed E-state index contributed by atoms with van der Waals surface area (Å²) in [7, 11) is 0. The predicted octanol–water partition coefficient (Wildman–Crippen LogP) is 4.00. The van der Waals surface area contributed by atoms with Crippen molar-refractivity contribution in [3.8, 4) is 0 Å². The van der Waals surface area contributed by atoms with E-state index < -0.39 is 0 Å². The molecule has 0 saturated carbocycles. The Bertz CT molecular complexity index is 894. The van der Waals surface area contributed by atoms with Crippen LogP contribution in [0.25, 0.3) is 0 Å². The van der Waals surface area contributed by atoms with Crippen molar-refractivity contribution < 1.29 is 9.59 Å². The van der Waals surface area contributed by atoms with Crippen molar-refractivity contribution >= 4 is 29.1 Å². The van der Waals surface area contributed by atoms with Gasteiger partial charge in [-0.1, -0.05) is 54.4 Å². The molecule has 5 nitrogen and oxygen atoms in total. The van der Waals surface area contributed by atoms with Gasteiger partial charge in [-0.15, -0.1) is 0 Å². The summed E-state index contributed by atoms with van der Waals surface area (Å²) in [4.78, 5) is 29.1. The van der Waals surface area contributed by atoms with Gasteiger partial charge in [0.1, 0.15) is 0 Å². The van der Waals surface area contributed by atoms with Crippen molar-refractivity contribution in [1.29, 1.82) is 0 Å². The number of carbonyl (C=O) groups excluding carboxylic acids is 2. The van der Waals surface area contributed by atoms with Crippen LogP contribution in [0.2, 0.25) is 5.02 Å². The third kappa shape index (κ3) is 5.02. The molecule has 30 heavy (non-hydrogen) atoms. The molecular formula is C24H28ClN3O2. The number of amides is 2. The average molecular weight is 426 g/mol. The van der Waals surface area contributed by atoms with E-state index in [1.54, 1.807) is 11.0 Å². The quantitative estimate of drug-likeness (QED) is 0.761. The van der Waals surface area contributed by atoms with Gasteiger partial charge in [-0.25, -0.2) is 0 Å². The van der Waals surface area contributed by atoms with Crippen LogP contribution in [-0.4, -0.2) is 36.3 Å². The highest BCUT2D eigenvalue weighted by Crippen LogP contribution is 2.31. The van der Waals surface area contributed by atoms with E-state index in [0.29, 0.717) is 23.8 Å². The van der Waals surface area contributed by atoms with Crippen LogP contribution in [-0.2, 0) is 22.7 Å². The number of hydrogen-bond donors (Lipinski definition) is 1. The molecular weight excluding hydrogens is 398 g/mol. The summed E-state index contributed by atoms with van der Waals surface area (Å²) in [5.74, 6) is -0.507. The van der Waals surface area contributed by atoms with Gasteiger partial charge in [-0.2, -0.15) is 0 Å². The smallest absolute Gasteiger partial charge is 0.227 e. The van der Waals surface area contributed by atoms with Crippen molar-refractivity contribution in [3.63, 3.8) is 0 Å². The summed E-state index contributed by atoms with van der Waals surface area (Å²) in [6.07, 6.45) is 4.15. The molecule has 158 valence electrons. The SMILES string of the molecule is O=C(NCc1ccc(CN2CCCCC2)cc1)C1CC(=O)N(c2ccccc2Cl)C1. The summed E-state index contributed by atoms with van der Waals surface area (Å²) in [6, 6.07) is 15.7. The van der Waals surface area contributed by atoms with Gasteiger partial charge in [0.15, 0.2) is 0 Å². The summed E-state index contributed by atoms with van der Waals surface area (Å²) in [5, 5.41) is 3.51. The average Bonchev–Trinajstić information content (AvgIpc) is 3.15. The fraction of sp³-hybridized carbons (Fsp3) is 0.417. The van der Waals surface area contributed by atoms with E-state index >= 15 is 0 Å². The maximum absolute atomic E-state index is 12.6. The Kier molecular flexibility index (Phi) is 6.70. The van der Waals surface area contributed by atoms with Gasteiger partial charge in [0.2, 0.25) is 11.8 Å². The highest BCUT2D eigenvalue weighted by molar-refractivity contribution is 6.33. The lowest BCUT2D eigenvalue weighted by molar-refractivity contribution is -0.126. The molecule has 0 aliphatic carbocycles. The molecule has 1 unspecified atom stereocenters. The van der Waals surface area contributed by atoms with Gasteiger partial charge >= 0.3 is 0 Å². The highest BCUT2D eigenvalue weighted by atomic mass is 35.5. The third-order valence-electron chi connectivity index (χ3n) is 5.98. The molecule has 2 aromatic rings. The number of hydrogen-bond acceptors (Lipinski definition) is 3. The standard InChI is InChI=1S/C24H28ClN3O2/c25-21-6-2-3-7-22(21)28-17-20(14-23(28)29)24(30)26-15-18-8-10-19(11-9-18)16-27-12-4-1-5-13-27/h2-3,6-11,20H,1,4-5,12-17H2,(H,26,30). The zero-order valence-corrected chi connectivity index (χ0v) is 17.9. The van der Waals surface area contributed by atoms with Crippen molar-refractivity contribution in [2.24, 2.45) is 5.92 Å². The van der Waals surface area contributed by atoms with Gasteiger partial charge in [0.25, 0.3) is 0 Å². The predicted molar refractivity (Wildman–Crippen MR) is 119 cm³/mol. The zero-order valence-electron chi connectivity index (χ0n) is 17.1. The number of likely N-dealkylation sites (tertiary alicyclic amines) is 1. The van der Waals surface area contributed by atoms with E-state index in [9.17, 15) is 9.59 Å². The molecule has 4 rings (SSSR count). The molecule has 0 aromatic heterocycles. The fourth-order valence-electron chi connectivity index (χ4n) is 4.26. The Morgan fingerprint density at radius 1 is 1.00 bits per heavy atom. The first-order valence-electron chi connectivity index (χ1n) is 10.7. The largest absolute Gasteiger partial charge is 0.352 e. The first-order valence-corrected chi connectivity index (χ1v) is 11.1. The number of piperidine rings is 1. The second-order valence-electron chi connectivity index (χ2n) is 8.23. The third-order valence-corrected chi connectivity index (χ3v) is 6.30. The van der Waals surface area contributed by atoms with Gasteiger partial charge in [-0.05, 0) is 49.2 Å². The number of anilines is 1. The first kappa shape index (κ1) is 20.9. The number of carbonyl (C=O) groups is 2.